The van der Waals surface area contributed by atoms with Gasteiger partial charge in [-0.1, -0.05) is 13.8 Å². The Bertz CT molecular complexity index is 501. The highest BCUT2D eigenvalue weighted by Gasteiger charge is 2.22. The summed E-state index contributed by atoms with van der Waals surface area (Å²) < 4.78 is 5.31. The average Bonchev–Trinajstić information content (AvgIpc) is 2.42. The maximum atomic E-state index is 11.7. The van der Waals surface area contributed by atoms with Crippen LogP contribution < -0.4 is 10.1 Å². The summed E-state index contributed by atoms with van der Waals surface area (Å²) in [6.07, 6.45) is 0.615. The summed E-state index contributed by atoms with van der Waals surface area (Å²) in [4.78, 5) is 11.7. The predicted octanol–water partition coefficient (Wildman–Crippen LogP) is 1.85. The van der Waals surface area contributed by atoms with Crippen molar-refractivity contribution in [1.82, 2.24) is 5.32 Å². The van der Waals surface area contributed by atoms with Gasteiger partial charge in [0, 0.05) is 6.54 Å². The number of benzene rings is 1. The lowest BCUT2D eigenvalue weighted by Crippen LogP contribution is -2.43. The molecule has 1 aromatic rings. The minimum Gasteiger partial charge on any atom is -0.484 e. The van der Waals surface area contributed by atoms with Crippen molar-refractivity contribution < 1.29 is 14.6 Å². The fourth-order valence-electron chi connectivity index (χ4n) is 2.07. The molecule has 21 heavy (non-hydrogen) atoms. The van der Waals surface area contributed by atoms with Gasteiger partial charge in [-0.3, -0.25) is 4.79 Å². The molecule has 1 unspecified atom stereocenters. The Labute approximate surface area is 125 Å². The Balaban J connectivity index is 2.35. The van der Waals surface area contributed by atoms with E-state index in [9.17, 15) is 9.90 Å². The zero-order chi connectivity index (χ0) is 15.9. The van der Waals surface area contributed by atoms with E-state index in [2.05, 4.69) is 5.32 Å². The summed E-state index contributed by atoms with van der Waals surface area (Å²) in [5.41, 5.74) is -0.380. The number of nitriles is 1. The van der Waals surface area contributed by atoms with Gasteiger partial charge in [-0.05, 0) is 43.5 Å². The molecule has 2 N–H and O–H groups in total. The fraction of sp³-hybridized carbons (Fsp3) is 0.500. The average molecular weight is 290 g/mol. The number of nitrogens with one attached hydrogen (secondary N) is 1. The van der Waals surface area contributed by atoms with Crippen molar-refractivity contribution in [1.29, 1.82) is 5.26 Å². The molecule has 0 aliphatic carbocycles. The number of nitrogens with zero attached hydrogens (tertiary/aromatic N) is 1. The smallest absolute Gasteiger partial charge is 0.258 e. The summed E-state index contributed by atoms with van der Waals surface area (Å²) in [5.74, 6) is 0.591. The molecule has 0 aromatic heterocycles. The lowest BCUT2D eigenvalue weighted by molar-refractivity contribution is -0.124. The van der Waals surface area contributed by atoms with Crippen LogP contribution in [0.4, 0.5) is 0 Å². The Morgan fingerprint density at radius 2 is 2.05 bits per heavy atom. The second kappa shape index (κ2) is 7.65. The van der Waals surface area contributed by atoms with Gasteiger partial charge in [0.15, 0.2) is 6.61 Å². The fourth-order valence-corrected chi connectivity index (χ4v) is 2.07. The van der Waals surface area contributed by atoms with Gasteiger partial charge in [-0.2, -0.15) is 5.26 Å². The minimum atomic E-state index is -0.918. The number of amides is 1. The molecule has 0 saturated heterocycles. The molecule has 0 fully saturated rings. The first-order valence-electron chi connectivity index (χ1n) is 6.94. The number of ether oxygens (including phenoxy) is 1. The van der Waals surface area contributed by atoms with E-state index in [4.69, 9.17) is 10.00 Å². The molecule has 114 valence electrons. The lowest BCUT2D eigenvalue weighted by Gasteiger charge is -2.25. The lowest BCUT2D eigenvalue weighted by atomic mass is 9.94. The Morgan fingerprint density at radius 3 is 2.57 bits per heavy atom. The summed E-state index contributed by atoms with van der Waals surface area (Å²) in [7, 11) is 0. The zero-order valence-corrected chi connectivity index (χ0v) is 12.7. The molecule has 0 spiro atoms. The van der Waals surface area contributed by atoms with Crippen molar-refractivity contribution in [3.63, 3.8) is 0 Å². The molecule has 0 aliphatic heterocycles. The van der Waals surface area contributed by atoms with Gasteiger partial charge in [-0.25, -0.2) is 0 Å². The van der Waals surface area contributed by atoms with E-state index in [0.717, 1.165) is 0 Å². The van der Waals surface area contributed by atoms with Crippen LogP contribution in [0.2, 0.25) is 0 Å². The number of hydrogen-bond acceptors (Lipinski definition) is 4. The Hall–Kier alpha value is -2.06. The second-order valence-electron chi connectivity index (χ2n) is 5.80. The minimum absolute atomic E-state index is 0.121. The quantitative estimate of drug-likeness (QED) is 0.803. The van der Waals surface area contributed by atoms with Crippen molar-refractivity contribution in [2.75, 3.05) is 13.2 Å². The van der Waals surface area contributed by atoms with E-state index in [1.807, 2.05) is 19.9 Å². The number of rotatable bonds is 7. The van der Waals surface area contributed by atoms with Gasteiger partial charge < -0.3 is 15.2 Å². The van der Waals surface area contributed by atoms with E-state index in [0.29, 0.717) is 23.7 Å². The van der Waals surface area contributed by atoms with E-state index in [1.165, 1.54) is 0 Å². The van der Waals surface area contributed by atoms with Crippen molar-refractivity contribution in [2.45, 2.75) is 32.8 Å². The van der Waals surface area contributed by atoms with Gasteiger partial charge in [0.2, 0.25) is 0 Å². The normalized spacial score (nSPS) is 13.3. The number of carbonyl (C=O) groups is 1. The first-order chi connectivity index (χ1) is 9.82. The summed E-state index contributed by atoms with van der Waals surface area (Å²) in [6, 6.07) is 8.54. The van der Waals surface area contributed by atoms with Gasteiger partial charge >= 0.3 is 0 Å². The molecular weight excluding hydrogens is 268 g/mol. The number of aliphatic hydroxyl groups is 1. The van der Waals surface area contributed by atoms with Crippen LogP contribution in [-0.4, -0.2) is 29.8 Å². The SMILES string of the molecule is CC(C)CC(C)(O)CNC(=O)COc1ccc(C#N)cc1. The van der Waals surface area contributed by atoms with Crippen molar-refractivity contribution >= 4 is 5.91 Å². The third-order valence-corrected chi connectivity index (χ3v) is 2.87. The van der Waals surface area contributed by atoms with Crippen LogP contribution in [0.5, 0.6) is 5.75 Å². The molecule has 0 saturated carbocycles. The van der Waals surface area contributed by atoms with E-state index in [-0.39, 0.29) is 19.1 Å². The predicted molar refractivity (Wildman–Crippen MR) is 79.7 cm³/mol. The highest BCUT2D eigenvalue weighted by molar-refractivity contribution is 5.77. The molecule has 0 heterocycles. The van der Waals surface area contributed by atoms with Gasteiger partial charge in [0.05, 0.1) is 17.2 Å². The Morgan fingerprint density at radius 1 is 1.43 bits per heavy atom. The van der Waals surface area contributed by atoms with Crippen LogP contribution in [0.25, 0.3) is 0 Å². The Kier molecular flexibility index (Phi) is 6.19. The summed E-state index contributed by atoms with van der Waals surface area (Å²) in [5, 5.41) is 21.4. The molecule has 0 radical (unpaired) electrons. The van der Waals surface area contributed by atoms with Crippen molar-refractivity contribution in [3.8, 4) is 11.8 Å². The largest absolute Gasteiger partial charge is 0.484 e. The maximum Gasteiger partial charge on any atom is 0.258 e. The first kappa shape index (κ1) is 17.0. The second-order valence-corrected chi connectivity index (χ2v) is 5.80. The van der Waals surface area contributed by atoms with Crippen molar-refractivity contribution in [2.24, 2.45) is 5.92 Å². The molecule has 1 aromatic carbocycles. The molecule has 5 nitrogen and oxygen atoms in total. The van der Waals surface area contributed by atoms with Crippen LogP contribution in [-0.2, 0) is 4.79 Å². The molecule has 1 atom stereocenters. The van der Waals surface area contributed by atoms with Crippen LogP contribution in [0, 0.1) is 17.2 Å². The highest BCUT2D eigenvalue weighted by Crippen LogP contribution is 2.15. The maximum absolute atomic E-state index is 11.7. The van der Waals surface area contributed by atoms with Gasteiger partial charge in [-0.15, -0.1) is 0 Å². The van der Waals surface area contributed by atoms with Crippen LogP contribution >= 0.6 is 0 Å². The van der Waals surface area contributed by atoms with Gasteiger partial charge in [0.1, 0.15) is 5.75 Å². The molecule has 5 heteroatoms. The summed E-state index contributed by atoms with van der Waals surface area (Å²) in [6.45, 7) is 5.81. The van der Waals surface area contributed by atoms with Crippen LogP contribution in [0.3, 0.4) is 0 Å². The zero-order valence-electron chi connectivity index (χ0n) is 12.7. The molecule has 0 aliphatic rings. The van der Waals surface area contributed by atoms with E-state index < -0.39 is 5.60 Å². The third kappa shape index (κ3) is 6.77. The third-order valence-electron chi connectivity index (χ3n) is 2.87. The molecule has 1 amide bonds. The van der Waals surface area contributed by atoms with E-state index >= 15 is 0 Å². The number of carbonyl (C=O) groups excluding carboxylic acids is 1. The molecule has 1 rings (SSSR count). The van der Waals surface area contributed by atoms with Crippen LogP contribution in [0.1, 0.15) is 32.8 Å². The van der Waals surface area contributed by atoms with E-state index in [1.54, 1.807) is 31.2 Å². The molecule has 0 bridgehead atoms. The number of hydrogen-bond donors (Lipinski definition) is 2. The topological polar surface area (TPSA) is 82.3 Å². The molecular formula is C16H22N2O3. The summed E-state index contributed by atoms with van der Waals surface area (Å²) >= 11 is 0. The van der Waals surface area contributed by atoms with Crippen molar-refractivity contribution in [3.05, 3.63) is 29.8 Å². The standard InChI is InChI=1S/C16H22N2O3/c1-12(2)8-16(3,20)11-18-15(19)10-21-14-6-4-13(9-17)5-7-14/h4-7,12,20H,8,10-11H2,1-3H3,(H,18,19). The van der Waals surface area contributed by atoms with Crippen LogP contribution in [0.15, 0.2) is 24.3 Å². The monoisotopic (exact) mass is 290 g/mol. The van der Waals surface area contributed by atoms with Gasteiger partial charge in [0.25, 0.3) is 5.91 Å². The highest BCUT2D eigenvalue weighted by atomic mass is 16.5. The first-order valence-corrected chi connectivity index (χ1v) is 6.94.